The van der Waals surface area contributed by atoms with Crippen LogP contribution in [0, 0.1) is 34.5 Å². The summed E-state index contributed by atoms with van der Waals surface area (Å²) in [6.07, 6.45) is 10.6. The van der Waals surface area contributed by atoms with E-state index in [1.165, 1.54) is 0 Å². The number of ether oxygens (including phenoxy) is 2. The predicted octanol–water partition coefficient (Wildman–Crippen LogP) is 3.65. The molecule has 7 heteroatoms. The van der Waals surface area contributed by atoms with Crippen molar-refractivity contribution < 1.29 is 24.2 Å². The van der Waals surface area contributed by atoms with Crippen LogP contribution in [0.2, 0.25) is 0 Å². The molecule has 1 saturated heterocycles. The van der Waals surface area contributed by atoms with E-state index in [9.17, 15) is 14.7 Å². The zero-order valence-electron chi connectivity index (χ0n) is 21.4. The molecule has 6 aliphatic rings. The lowest BCUT2D eigenvalue weighted by molar-refractivity contribution is -0.208. The molecular weight excluding hydrogens is 444 g/mol. The van der Waals surface area contributed by atoms with Gasteiger partial charge in [-0.1, -0.05) is 13.8 Å². The molecule has 5 fully saturated rings. The number of amides is 1. The highest BCUT2D eigenvalue weighted by Crippen LogP contribution is 2.70. The Morgan fingerprint density at radius 1 is 1.09 bits per heavy atom. The summed E-state index contributed by atoms with van der Waals surface area (Å²) < 4.78 is 11.3. The van der Waals surface area contributed by atoms with Crippen molar-refractivity contribution in [2.45, 2.75) is 83.3 Å². The van der Waals surface area contributed by atoms with Crippen molar-refractivity contribution in [2.75, 3.05) is 32.8 Å². The van der Waals surface area contributed by atoms with Crippen LogP contribution in [0.3, 0.4) is 0 Å². The molecule has 2 aliphatic heterocycles. The van der Waals surface area contributed by atoms with Gasteiger partial charge in [-0.05, 0) is 92.4 Å². The molecule has 8 atom stereocenters. The van der Waals surface area contributed by atoms with E-state index in [1.54, 1.807) is 6.08 Å². The zero-order chi connectivity index (χ0) is 24.4. The molecule has 1 amide bonds. The number of nitrogens with zero attached hydrogens (tertiary/aromatic N) is 1. The first-order valence-electron chi connectivity index (χ1n) is 14.0. The highest BCUT2D eigenvalue weighted by atomic mass is 16.6. The molecule has 2 N–H and O–H groups in total. The third-order valence-corrected chi connectivity index (χ3v) is 11.6. The Hall–Kier alpha value is -1.60. The van der Waals surface area contributed by atoms with Crippen molar-refractivity contribution >= 4 is 12.1 Å². The molecule has 1 unspecified atom stereocenters. The maximum atomic E-state index is 12.7. The van der Waals surface area contributed by atoms with Crippen molar-refractivity contribution in [2.24, 2.45) is 34.5 Å². The topological polar surface area (TPSA) is 88.1 Å². The van der Waals surface area contributed by atoms with E-state index in [0.29, 0.717) is 24.4 Å². The van der Waals surface area contributed by atoms with Gasteiger partial charge in [0.15, 0.2) is 0 Å². The highest BCUT2D eigenvalue weighted by molar-refractivity contribution is 5.85. The normalized spacial score (nSPS) is 47.3. The van der Waals surface area contributed by atoms with E-state index in [-0.39, 0.29) is 34.9 Å². The zero-order valence-corrected chi connectivity index (χ0v) is 21.4. The maximum Gasteiger partial charge on any atom is 0.410 e. The van der Waals surface area contributed by atoms with Crippen molar-refractivity contribution in [3.05, 3.63) is 11.6 Å². The van der Waals surface area contributed by atoms with Gasteiger partial charge in [0.2, 0.25) is 0 Å². The van der Waals surface area contributed by atoms with Crippen LogP contribution in [0.15, 0.2) is 11.6 Å². The van der Waals surface area contributed by atoms with Gasteiger partial charge in [0.05, 0.1) is 5.60 Å². The number of cyclic esters (lactones) is 1. The minimum absolute atomic E-state index is 0.0201. The van der Waals surface area contributed by atoms with Crippen molar-refractivity contribution in [1.29, 1.82) is 0 Å². The fourth-order valence-electron chi connectivity index (χ4n) is 9.54. The van der Waals surface area contributed by atoms with Crippen molar-refractivity contribution in [3.63, 3.8) is 0 Å². The number of nitrogens with one attached hydrogen (secondary N) is 1. The average molecular weight is 487 g/mol. The Morgan fingerprint density at radius 2 is 1.89 bits per heavy atom. The summed E-state index contributed by atoms with van der Waals surface area (Å²) in [6, 6.07) is 0. The van der Waals surface area contributed by atoms with Crippen LogP contribution in [0.25, 0.3) is 0 Å². The number of hydrogen-bond acceptors (Lipinski definition) is 6. The minimum atomic E-state index is -0.674. The fraction of sp³-hybridized carbons (Fsp3) is 0.857. The maximum absolute atomic E-state index is 12.7. The first kappa shape index (κ1) is 23.8. The second-order valence-electron chi connectivity index (χ2n) is 12.8. The largest absolute Gasteiger partial charge is 0.458 e. The number of carbonyl (C=O) groups excluding carboxylic acids is 2. The summed E-state index contributed by atoms with van der Waals surface area (Å²) in [7, 11) is 0. The summed E-state index contributed by atoms with van der Waals surface area (Å²) in [5, 5.41) is 15.6. The third kappa shape index (κ3) is 3.58. The summed E-state index contributed by atoms with van der Waals surface area (Å²) in [5.74, 6) is 1.39. The molecule has 0 bridgehead atoms. The van der Waals surface area contributed by atoms with Gasteiger partial charge < -0.3 is 24.8 Å². The van der Waals surface area contributed by atoms with Gasteiger partial charge >= 0.3 is 12.1 Å². The lowest BCUT2D eigenvalue weighted by Crippen LogP contribution is -2.62. The van der Waals surface area contributed by atoms with E-state index in [1.807, 2.05) is 4.90 Å². The van der Waals surface area contributed by atoms with E-state index < -0.39 is 5.60 Å². The Bertz CT molecular complexity index is 915. The summed E-state index contributed by atoms with van der Waals surface area (Å²) in [5.41, 5.74) is 0.431. The lowest BCUT2D eigenvalue weighted by atomic mass is 9.43. The van der Waals surface area contributed by atoms with Crippen molar-refractivity contribution in [3.8, 4) is 0 Å². The summed E-state index contributed by atoms with van der Waals surface area (Å²) in [6.45, 7) is 8.29. The average Bonchev–Trinajstić information content (AvgIpc) is 3.39. The second kappa shape index (κ2) is 8.47. The standard InChI is InChI=1S/C28H42N2O5/c1-26-8-5-20(35-25(32)30-13-11-29-12-14-30)16-19(26)3-4-23-22(26)6-9-27(2)21(7-10-28(23,27)33)18-15-24(31)34-17-18/h15,19-23,29,33H,3-14,16-17H2,1-2H3/t19?,20-,21+,22-,23+,26-,27+,28-/m0/s1. The van der Waals surface area contributed by atoms with Gasteiger partial charge in [0.25, 0.3) is 0 Å². The first-order chi connectivity index (χ1) is 16.7. The lowest BCUT2D eigenvalue weighted by Gasteiger charge is -2.63. The smallest absolute Gasteiger partial charge is 0.410 e. The molecule has 4 aliphatic carbocycles. The Kier molecular flexibility index (Phi) is 5.76. The van der Waals surface area contributed by atoms with Crippen LogP contribution in [0.4, 0.5) is 4.79 Å². The number of rotatable bonds is 2. The molecule has 0 aromatic carbocycles. The summed E-state index contributed by atoms with van der Waals surface area (Å²) in [4.78, 5) is 26.3. The van der Waals surface area contributed by atoms with Gasteiger partial charge in [0, 0.05) is 37.7 Å². The van der Waals surface area contributed by atoms with Gasteiger partial charge in [0.1, 0.15) is 12.7 Å². The molecule has 194 valence electrons. The number of aliphatic hydroxyl groups is 1. The molecule has 0 aromatic heterocycles. The molecule has 7 nitrogen and oxygen atoms in total. The quantitative estimate of drug-likeness (QED) is 0.580. The van der Waals surface area contributed by atoms with Crippen LogP contribution < -0.4 is 5.32 Å². The van der Waals surface area contributed by atoms with Crippen LogP contribution >= 0.6 is 0 Å². The monoisotopic (exact) mass is 486 g/mol. The Labute approximate surface area is 209 Å². The van der Waals surface area contributed by atoms with Crippen LogP contribution in [-0.4, -0.2) is 66.6 Å². The predicted molar refractivity (Wildman–Crippen MR) is 130 cm³/mol. The summed E-state index contributed by atoms with van der Waals surface area (Å²) >= 11 is 0. The van der Waals surface area contributed by atoms with E-state index in [0.717, 1.165) is 89.5 Å². The van der Waals surface area contributed by atoms with Crippen molar-refractivity contribution in [1.82, 2.24) is 10.2 Å². The SMILES string of the molecule is C[C@]12CC[C@H](OC(=O)N3CCNCC3)CC1CC[C@@H]1[C@@H]2CC[C@]2(C)[C@@H](C3=CC(=O)OC3)CC[C@]12O. The number of esters is 1. The van der Waals surface area contributed by atoms with Gasteiger partial charge in [-0.3, -0.25) is 0 Å². The minimum Gasteiger partial charge on any atom is -0.458 e. The van der Waals surface area contributed by atoms with Gasteiger partial charge in [-0.2, -0.15) is 0 Å². The van der Waals surface area contributed by atoms with Gasteiger partial charge in [-0.25, -0.2) is 9.59 Å². The number of fused-ring (bicyclic) bond motifs is 5. The number of piperazine rings is 1. The van der Waals surface area contributed by atoms with Crippen LogP contribution in [0.1, 0.15) is 71.6 Å². The Morgan fingerprint density at radius 3 is 2.63 bits per heavy atom. The molecule has 0 spiro atoms. The van der Waals surface area contributed by atoms with E-state index >= 15 is 0 Å². The van der Waals surface area contributed by atoms with Crippen LogP contribution in [0.5, 0.6) is 0 Å². The van der Waals surface area contributed by atoms with Gasteiger partial charge in [-0.15, -0.1) is 0 Å². The molecule has 6 rings (SSSR count). The van der Waals surface area contributed by atoms with E-state index in [4.69, 9.17) is 9.47 Å². The molecule has 0 radical (unpaired) electrons. The highest BCUT2D eigenvalue weighted by Gasteiger charge is 2.67. The number of carbonyl (C=O) groups is 2. The molecule has 0 aromatic rings. The van der Waals surface area contributed by atoms with E-state index in [2.05, 4.69) is 19.2 Å². The van der Waals surface area contributed by atoms with Crippen LogP contribution in [-0.2, 0) is 14.3 Å². The number of hydrogen-bond donors (Lipinski definition) is 2. The first-order valence-corrected chi connectivity index (χ1v) is 14.0. The second-order valence-corrected chi connectivity index (χ2v) is 12.8. The molecule has 35 heavy (non-hydrogen) atoms. The molecule has 2 heterocycles. The third-order valence-electron chi connectivity index (χ3n) is 11.6. The molecule has 4 saturated carbocycles. The molecular formula is C28H42N2O5. The fourth-order valence-corrected chi connectivity index (χ4v) is 9.54. The Balaban J connectivity index is 1.16.